The van der Waals surface area contributed by atoms with Crippen LogP contribution in [0.2, 0.25) is 0 Å². The molecule has 0 aromatic carbocycles. The van der Waals surface area contributed by atoms with Gasteiger partial charge >= 0.3 is 0 Å². The standard InChI is InChI=1S/C15H27NO/c1-9(10(2)17-3)16-15-8-11-7-14(15)13-6-4-5-12(11)13/h9-16H,4-8H2,1-3H3. The fraction of sp³-hybridized carbons (Fsp3) is 1.00. The van der Waals surface area contributed by atoms with Crippen LogP contribution in [0.4, 0.5) is 0 Å². The molecular weight excluding hydrogens is 210 g/mol. The van der Waals surface area contributed by atoms with E-state index in [2.05, 4.69) is 19.2 Å². The molecule has 17 heavy (non-hydrogen) atoms. The van der Waals surface area contributed by atoms with Crippen LogP contribution in [0.15, 0.2) is 0 Å². The van der Waals surface area contributed by atoms with Gasteiger partial charge in [-0.3, -0.25) is 0 Å². The fourth-order valence-electron chi connectivity index (χ4n) is 4.94. The molecule has 98 valence electrons. The molecule has 0 heterocycles. The van der Waals surface area contributed by atoms with E-state index >= 15 is 0 Å². The van der Waals surface area contributed by atoms with Crippen molar-refractivity contribution in [3.8, 4) is 0 Å². The highest BCUT2D eigenvalue weighted by atomic mass is 16.5. The molecule has 7 unspecified atom stereocenters. The summed E-state index contributed by atoms with van der Waals surface area (Å²) in [5, 5.41) is 3.85. The minimum Gasteiger partial charge on any atom is -0.380 e. The maximum absolute atomic E-state index is 5.43. The van der Waals surface area contributed by atoms with E-state index in [4.69, 9.17) is 4.74 Å². The van der Waals surface area contributed by atoms with E-state index < -0.39 is 0 Å². The molecule has 2 bridgehead atoms. The fourth-order valence-corrected chi connectivity index (χ4v) is 4.94. The molecule has 0 aliphatic heterocycles. The molecule has 0 radical (unpaired) electrons. The van der Waals surface area contributed by atoms with Crippen molar-refractivity contribution in [3.05, 3.63) is 0 Å². The first-order chi connectivity index (χ1) is 8.20. The van der Waals surface area contributed by atoms with E-state index in [0.29, 0.717) is 12.1 Å². The van der Waals surface area contributed by atoms with Gasteiger partial charge < -0.3 is 10.1 Å². The molecule has 0 saturated heterocycles. The molecule has 2 heteroatoms. The van der Waals surface area contributed by atoms with Crippen molar-refractivity contribution in [3.63, 3.8) is 0 Å². The number of nitrogens with one attached hydrogen (secondary N) is 1. The summed E-state index contributed by atoms with van der Waals surface area (Å²) in [6.45, 7) is 4.44. The Balaban J connectivity index is 1.60. The third-order valence-corrected chi connectivity index (χ3v) is 5.98. The van der Waals surface area contributed by atoms with Crippen LogP contribution in [0.1, 0.15) is 46.0 Å². The third-order valence-electron chi connectivity index (χ3n) is 5.98. The first-order valence-electron chi connectivity index (χ1n) is 7.49. The van der Waals surface area contributed by atoms with E-state index in [1.165, 1.54) is 32.1 Å². The first kappa shape index (κ1) is 12.0. The Labute approximate surface area is 105 Å². The average Bonchev–Trinajstić information content (AvgIpc) is 2.98. The van der Waals surface area contributed by atoms with Gasteiger partial charge in [-0.15, -0.1) is 0 Å². The summed E-state index contributed by atoms with van der Waals surface area (Å²) in [6, 6.07) is 1.27. The second kappa shape index (κ2) is 4.55. The van der Waals surface area contributed by atoms with Gasteiger partial charge in [-0.1, -0.05) is 6.42 Å². The van der Waals surface area contributed by atoms with Crippen molar-refractivity contribution in [1.82, 2.24) is 5.32 Å². The maximum atomic E-state index is 5.43. The summed E-state index contributed by atoms with van der Waals surface area (Å²) in [5.74, 6) is 4.21. The van der Waals surface area contributed by atoms with Crippen LogP contribution in [0.5, 0.6) is 0 Å². The molecule has 0 amide bonds. The summed E-state index contributed by atoms with van der Waals surface area (Å²) in [7, 11) is 1.82. The molecule has 3 rings (SSSR count). The first-order valence-corrected chi connectivity index (χ1v) is 7.49. The van der Waals surface area contributed by atoms with Crippen molar-refractivity contribution < 1.29 is 4.74 Å². The van der Waals surface area contributed by atoms with Gasteiger partial charge in [-0.2, -0.15) is 0 Å². The van der Waals surface area contributed by atoms with E-state index in [0.717, 1.165) is 29.7 Å². The number of rotatable bonds is 4. The minimum absolute atomic E-state index is 0.327. The Bertz CT molecular complexity index is 280. The Kier molecular flexibility index (Phi) is 3.20. The second-order valence-corrected chi connectivity index (χ2v) is 6.66. The lowest BCUT2D eigenvalue weighted by Crippen LogP contribution is -2.47. The number of ether oxygens (including phenoxy) is 1. The Morgan fingerprint density at radius 2 is 1.82 bits per heavy atom. The molecular formula is C15H27NO. The molecule has 0 aromatic rings. The molecule has 0 spiro atoms. The predicted molar refractivity (Wildman–Crippen MR) is 69.9 cm³/mol. The van der Waals surface area contributed by atoms with Crippen molar-refractivity contribution in [1.29, 1.82) is 0 Å². The monoisotopic (exact) mass is 237 g/mol. The molecule has 3 aliphatic carbocycles. The summed E-state index contributed by atoms with van der Waals surface area (Å²) in [6.07, 6.45) is 7.82. The van der Waals surface area contributed by atoms with Crippen LogP contribution < -0.4 is 5.32 Å². The van der Waals surface area contributed by atoms with Gasteiger partial charge in [0.25, 0.3) is 0 Å². The van der Waals surface area contributed by atoms with E-state index in [-0.39, 0.29) is 0 Å². The zero-order valence-electron chi connectivity index (χ0n) is 11.5. The summed E-state index contributed by atoms with van der Waals surface area (Å²) in [5.41, 5.74) is 0. The topological polar surface area (TPSA) is 21.3 Å². The molecule has 3 fully saturated rings. The predicted octanol–water partition coefficient (Wildman–Crippen LogP) is 2.82. The largest absolute Gasteiger partial charge is 0.380 e. The Hall–Kier alpha value is -0.0800. The average molecular weight is 237 g/mol. The van der Waals surface area contributed by atoms with Crippen molar-refractivity contribution >= 4 is 0 Å². The van der Waals surface area contributed by atoms with Crippen LogP contribution in [-0.2, 0) is 4.74 Å². The van der Waals surface area contributed by atoms with Gasteiger partial charge in [0.2, 0.25) is 0 Å². The van der Waals surface area contributed by atoms with E-state index in [1.54, 1.807) is 0 Å². The third kappa shape index (κ3) is 1.94. The van der Waals surface area contributed by atoms with Crippen molar-refractivity contribution in [2.75, 3.05) is 7.11 Å². The highest BCUT2D eigenvalue weighted by Gasteiger charge is 2.53. The number of fused-ring (bicyclic) bond motifs is 5. The van der Waals surface area contributed by atoms with Crippen LogP contribution in [0, 0.1) is 23.7 Å². The van der Waals surface area contributed by atoms with Gasteiger partial charge in [0.1, 0.15) is 0 Å². The molecule has 7 atom stereocenters. The van der Waals surface area contributed by atoms with Gasteiger partial charge in [0.15, 0.2) is 0 Å². The highest BCUT2D eigenvalue weighted by molar-refractivity contribution is 5.06. The molecule has 2 nitrogen and oxygen atoms in total. The van der Waals surface area contributed by atoms with E-state index in [1.807, 2.05) is 7.11 Å². The van der Waals surface area contributed by atoms with Gasteiger partial charge in [-0.25, -0.2) is 0 Å². The summed E-state index contributed by atoms with van der Waals surface area (Å²) < 4.78 is 5.43. The van der Waals surface area contributed by atoms with Crippen molar-refractivity contribution in [2.24, 2.45) is 23.7 Å². The second-order valence-electron chi connectivity index (χ2n) is 6.66. The Morgan fingerprint density at radius 3 is 2.59 bits per heavy atom. The lowest BCUT2D eigenvalue weighted by atomic mass is 9.79. The van der Waals surface area contributed by atoms with Gasteiger partial charge in [0, 0.05) is 19.2 Å². The molecule has 3 saturated carbocycles. The zero-order valence-corrected chi connectivity index (χ0v) is 11.5. The molecule has 0 aromatic heterocycles. The molecule has 3 aliphatic rings. The van der Waals surface area contributed by atoms with E-state index in [9.17, 15) is 0 Å². The Morgan fingerprint density at radius 1 is 1.06 bits per heavy atom. The van der Waals surface area contributed by atoms with Gasteiger partial charge in [-0.05, 0) is 63.2 Å². The number of hydrogen-bond donors (Lipinski definition) is 1. The van der Waals surface area contributed by atoms with Gasteiger partial charge in [0.05, 0.1) is 6.10 Å². The smallest absolute Gasteiger partial charge is 0.0693 e. The SMILES string of the molecule is COC(C)C(C)NC1CC2CC1C1CCCC21. The summed E-state index contributed by atoms with van der Waals surface area (Å²) >= 11 is 0. The van der Waals surface area contributed by atoms with Crippen LogP contribution in [-0.4, -0.2) is 25.3 Å². The normalized spacial score (nSPS) is 47.1. The quantitative estimate of drug-likeness (QED) is 0.812. The zero-order chi connectivity index (χ0) is 12.0. The van der Waals surface area contributed by atoms with Crippen LogP contribution in [0.3, 0.4) is 0 Å². The van der Waals surface area contributed by atoms with Crippen LogP contribution in [0.25, 0.3) is 0 Å². The van der Waals surface area contributed by atoms with Crippen LogP contribution >= 0.6 is 0 Å². The summed E-state index contributed by atoms with van der Waals surface area (Å²) in [4.78, 5) is 0. The highest BCUT2D eigenvalue weighted by Crippen LogP contribution is 2.58. The molecule has 1 N–H and O–H groups in total. The number of methoxy groups -OCH3 is 1. The lowest BCUT2D eigenvalue weighted by molar-refractivity contribution is 0.0757. The lowest BCUT2D eigenvalue weighted by Gasteiger charge is -2.35. The maximum Gasteiger partial charge on any atom is 0.0693 e. The number of hydrogen-bond acceptors (Lipinski definition) is 2. The minimum atomic E-state index is 0.327. The van der Waals surface area contributed by atoms with Crippen molar-refractivity contribution in [2.45, 2.75) is 64.1 Å².